The minimum absolute atomic E-state index is 0.00248. The summed E-state index contributed by atoms with van der Waals surface area (Å²) in [6, 6.07) is 19.5. The monoisotopic (exact) mass is 595 g/mol. The third-order valence-corrected chi connectivity index (χ3v) is 7.85. The van der Waals surface area contributed by atoms with Crippen LogP contribution in [0, 0.1) is 0 Å². The number of benzene rings is 3. The van der Waals surface area contributed by atoms with Crippen molar-refractivity contribution in [2.75, 3.05) is 23.7 Å². The van der Waals surface area contributed by atoms with E-state index in [1.165, 1.54) is 11.0 Å². The highest BCUT2D eigenvalue weighted by Crippen LogP contribution is 2.26. The van der Waals surface area contributed by atoms with E-state index in [9.17, 15) is 18.0 Å². The van der Waals surface area contributed by atoms with Crippen LogP contribution >= 0.6 is 34.8 Å². The molecule has 0 aliphatic rings. The van der Waals surface area contributed by atoms with Crippen molar-refractivity contribution in [3.63, 3.8) is 0 Å². The Balaban J connectivity index is 2.05. The normalized spacial score (nSPS) is 12.0. The van der Waals surface area contributed by atoms with E-state index in [0.717, 1.165) is 16.1 Å². The lowest BCUT2D eigenvalue weighted by molar-refractivity contribution is -0.140. The van der Waals surface area contributed by atoms with E-state index in [1.807, 2.05) is 30.3 Å². The molecule has 3 rings (SSSR count). The minimum atomic E-state index is -3.88. The summed E-state index contributed by atoms with van der Waals surface area (Å²) in [4.78, 5) is 28.6. The SMILES string of the molecule is CCNC(=O)C(Cc1ccccc1)N(Cc1ccc(Cl)c(Cl)c1)C(=O)CN(c1cccc(Cl)c1)S(C)(=O)=O. The Morgan fingerprint density at radius 2 is 1.61 bits per heavy atom. The summed E-state index contributed by atoms with van der Waals surface area (Å²) in [5, 5.41) is 3.77. The van der Waals surface area contributed by atoms with E-state index < -0.39 is 28.5 Å². The fraction of sp³-hybridized carbons (Fsp3) is 0.259. The average molecular weight is 597 g/mol. The lowest BCUT2D eigenvalue weighted by Crippen LogP contribution is -2.53. The molecule has 3 aromatic carbocycles. The number of carbonyl (C=O) groups is 2. The fourth-order valence-electron chi connectivity index (χ4n) is 3.93. The van der Waals surface area contributed by atoms with Gasteiger partial charge in [-0.05, 0) is 48.4 Å². The molecule has 1 atom stereocenters. The Morgan fingerprint density at radius 3 is 2.21 bits per heavy atom. The first-order chi connectivity index (χ1) is 18.0. The Morgan fingerprint density at radius 1 is 0.895 bits per heavy atom. The molecule has 0 saturated heterocycles. The number of hydrogen-bond acceptors (Lipinski definition) is 4. The van der Waals surface area contributed by atoms with Gasteiger partial charge in [-0.1, -0.05) is 77.3 Å². The van der Waals surface area contributed by atoms with Gasteiger partial charge >= 0.3 is 0 Å². The van der Waals surface area contributed by atoms with Gasteiger partial charge in [0.05, 0.1) is 22.0 Å². The van der Waals surface area contributed by atoms with Crippen LogP contribution in [0.5, 0.6) is 0 Å². The summed E-state index contributed by atoms with van der Waals surface area (Å²) in [6.45, 7) is 1.60. The second-order valence-corrected chi connectivity index (χ2v) is 11.8. The van der Waals surface area contributed by atoms with Crippen LogP contribution in [0.1, 0.15) is 18.1 Å². The smallest absolute Gasteiger partial charge is 0.244 e. The van der Waals surface area contributed by atoms with E-state index in [-0.39, 0.29) is 24.6 Å². The summed E-state index contributed by atoms with van der Waals surface area (Å²) >= 11 is 18.4. The first-order valence-electron chi connectivity index (χ1n) is 11.8. The highest BCUT2D eigenvalue weighted by Gasteiger charge is 2.33. The molecule has 0 saturated carbocycles. The van der Waals surface area contributed by atoms with E-state index in [2.05, 4.69) is 5.32 Å². The number of hydrogen-bond donors (Lipinski definition) is 1. The van der Waals surface area contributed by atoms with Gasteiger partial charge < -0.3 is 10.2 Å². The number of nitrogens with one attached hydrogen (secondary N) is 1. The lowest BCUT2D eigenvalue weighted by atomic mass is 10.0. The molecule has 38 heavy (non-hydrogen) atoms. The van der Waals surface area contributed by atoms with Crippen LogP contribution in [-0.4, -0.2) is 50.5 Å². The van der Waals surface area contributed by atoms with Gasteiger partial charge in [0.15, 0.2) is 0 Å². The molecule has 0 fully saturated rings. The van der Waals surface area contributed by atoms with Crippen molar-refractivity contribution in [2.45, 2.75) is 25.9 Å². The second-order valence-electron chi connectivity index (χ2n) is 8.62. The van der Waals surface area contributed by atoms with Crippen LogP contribution in [0.3, 0.4) is 0 Å². The number of carbonyl (C=O) groups excluding carboxylic acids is 2. The lowest BCUT2D eigenvalue weighted by Gasteiger charge is -2.33. The quantitative estimate of drug-likeness (QED) is 0.330. The molecule has 0 aliphatic carbocycles. The summed E-state index contributed by atoms with van der Waals surface area (Å²) in [5.41, 5.74) is 1.70. The van der Waals surface area contributed by atoms with Crippen LogP contribution in [-0.2, 0) is 32.6 Å². The summed E-state index contributed by atoms with van der Waals surface area (Å²) < 4.78 is 26.5. The summed E-state index contributed by atoms with van der Waals surface area (Å²) in [6.07, 6.45) is 1.23. The van der Waals surface area contributed by atoms with E-state index in [4.69, 9.17) is 34.8 Å². The van der Waals surface area contributed by atoms with E-state index in [0.29, 0.717) is 27.2 Å². The molecule has 0 aromatic heterocycles. The van der Waals surface area contributed by atoms with Crippen molar-refractivity contribution in [1.82, 2.24) is 10.2 Å². The Hall–Kier alpha value is -2.78. The number of sulfonamides is 1. The fourth-order valence-corrected chi connectivity index (χ4v) is 5.27. The van der Waals surface area contributed by atoms with E-state index in [1.54, 1.807) is 43.3 Å². The van der Waals surface area contributed by atoms with Crippen molar-refractivity contribution in [3.05, 3.63) is 99.0 Å². The zero-order valence-corrected chi connectivity index (χ0v) is 24.0. The third kappa shape index (κ3) is 8.11. The average Bonchev–Trinajstić information content (AvgIpc) is 2.86. The molecule has 11 heteroatoms. The van der Waals surface area contributed by atoms with Gasteiger partial charge in [0.1, 0.15) is 12.6 Å². The Labute approximate surface area is 238 Å². The standard InChI is InChI=1S/C27H28Cl3N3O4S/c1-3-31-27(35)25(15-19-8-5-4-6-9-19)32(17-20-12-13-23(29)24(30)14-20)26(34)18-33(38(2,36)37)22-11-7-10-21(28)16-22/h4-14,16,25H,3,15,17-18H2,1-2H3,(H,31,35). The largest absolute Gasteiger partial charge is 0.355 e. The van der Waals surface area contributed by atoms with Crippen LogP contribution in [0.2, 0.25) is 15.1 Å². The van der Waals surface area contributed by atoms with Gasteiger partial charge in [-0.2, -0.15) is 0 Å². The summed E-state index contributed by atoms with van der Waals surface area (Å²) in [5.74, 6) is -0.938. The highest BCUT2D eigenvalue weighted by molar-refractivity contribution is 7.92. The van der Waals surface area contributed by atoms with Crippen molar-refractivity contribution in [2.24, 2.45) is 0 Å². The second kappa shape index (κ2) is 13.3. The number of nitrogens with zero attached hydrogens (tertiary/aromatic N) is 2. The molecular weight excluding hydrogens is 569 g/mol. The van der Waals surface area contributed by atoms with Crippen LogP contribution in [0.15, 0.2) is 72.8 Å². The predicted octanol–water partition coefficient (Wildman–Crippen LogP) is 5.19. The Bertz CT molecular complexity index is 1390. The molecule has 2 amide bonds. The number of halogens is 3. The highest BCUT2D eigenvalue weighted by atomic mass is 35.5. The van der Waals surface area contributed by atoms with Crippen molar-refractivity contribution < 1.29 is 18.0 Å². The maximum absolute atomic E-state index is 13.9. The van der Waals surface area contributed by atoms with Gasteiger partial charge in [-0.3, -0.25) is 13.9 Å². The molecule has 1 N–H and O–H groups in total. The number of rotatable bonds is 11. The zero-order chi connectivity index (χ0) is 27.9. The predicted molar refractivity (Wildman–Crippen MR) is 153 cm³/mol. The molecule has 0 bridgehead atoms. The van der Waals surface area contributed by atoms with Crippen LogP contribution in [0.25, 0.3) is 0 Å². The van der Waals surface area contributed by atoms with Gasteiger partial charge in [0.25, 0.3) is 0 Å². The third-order valence-electron chi connectivity index (χ3n) is 5.73. The topological polar surface area (TPSA) is 86.8 Å². The van der Waals surface area contributed by atoms with Crippen molar-refractivity contribution in [3.8, 4) is 0 Å². The van der Waals surface area contributed by atoms with Gasteiger partial charge in [-0.25, -0.2) is 8.42 Å². The van der Waals surface area contributed by atoms with Gasteiger partial charge in [0.2, 0.25) is 21.8 Å². The molecular formula is C27H28Cl3N3O4S. The first-order valence-corrected chi connectivity index (χ1v) is 14.8. The molecule has 0 heterocycles. The minimum Gasteiger partial charge on any atom is -0.355 e. The molecule has 1 unspecified atom stereocenters. The maximum atomic E-state index is 13.9. The molecule has 0 radical (unpaired) electrons. The molecule has 0 spiro atoms. The van der Waals surface area contributed by atoms with Crippen LogP contribution in [0.4, 0.5) is 5.69 Å². The molecule has 3 aromatic rings. The summed E-state index contributed by atoms with van der Waals surface area (Å²) in [7, 11) is -3.88. The molecule has 7 nitrogen and oxygen atoms in total. The van der Waals surface area contributed by atoms with Gasteiger partial charge in [0, 0.05) is 24.5 Å². The maximum Gasteiger partial charge on any atom is 0.244 e. The van der Waals surface area contributed by atoms with Crippen molar-refractivity contribution in [1.29, 1.82) is 0 Å². The van der Waals surface area contributed by atoms with Gasteiger partial charge in [-0.15, -0.1) is 0 Å². The molecule has 0 aliphatic heterocycles. The number of likely N-dealkylation sites (N-methyl/N-ethyl adjacent to an activating group) is 1. The zero-order valence-electron chi connectivity index (χ0n) is 20.9. The first kappa shape index (κ1) is 29.8. The number of amides is 2. The molecule has 202 valence electrons. The van der Waals surface area contributed by atoms with E-state index >= 15 is 0 Å². The number of anilines is 1. The Kier molecular flexibility index (Phi) is 10.4. The van der Waals surface area contributed by atoms with Crippen LogP contribution < -0.4 is 9.62 Å². The van der Waals surface area contributed by atoms with Crippen molar-refractivity contribution >= 4 is 62.3 Å².